The van der Waals surface area contributed by atoms with Gasteiger partial charge in [0, 0.05) is 24.2 Å². The van der Waals surface area contributed by atoms with Gasteiger partial charge in [-0.1, -0.05) is 6.08 Å². The lowest BCUT2D eigenvalue weighted by atomic mass is 9.73. The predicted molar refractivity (Wildman–Crippen MR) is 108 cm³/mol. The minimum atomic E-state index is -2.61. The van der Waals surface area contributed by atoms with Crippen LogP contribution >= 0.6 is 0 Å². The summed E-state index contributed by atoms with van der Waals surface area (Å²) in [6, 6.07) is 7.96. The maximum Gasteiger partial charge on any atom is 0.299 e. The average Bonchev–Trinajstić information content (AvgIpc) is 2.72. The van der Waals surface area contributed by atoms with Crippen molar-refractivity contribution in [2.45, 2.75) is 25.0 Å². The third-order valence-electron chi connectivity index (χ3n) is 5.82. The molecule has 2 bridgehead atoms. The summed E-state index contributed by atoms with van der Waals surface area (Å²) in [6.45, 7) is 6.07. The number of hydrogen-bond acceptors (Lipinski definition) is 5. The van der Waals surface area contributed by atoms with E-state index in [1.54, 1.807) is 13.3 Å². The minimum absolute atomic E-state index is 0.178. The smallest absolute Gasteiger partial charge is 0.299 e. The molecule has 4 heterocycles. The molecule has 3 aliphatic heterocycles. The van der Waals surface area contributed by atoms with Crippen LogP contribution in [0.3, 0.4) is 0 Å². The van der Waals surface area contributed by atoms with Crippen LogP contribution in [0.2, 0.25) is 0 Å². The molecule has 5 atom stereocenters. The number of ether oxygens (including phenoxy) is 1. The van der Waals surface area contributed by atoms with Gasteiger partial charge in [-0.3, -0.25) is 19.0 Å². The molecule has 5 rings (SSSR count). The number of fused-ring (bicyclic) bond motifs is 4. The lowest BCUT2D eigenvalue weighted by Crippen LogP contribution is -2.54. The molecule has 1 unspecified atom stereocenters. The first-order valence-electron chi connectivity index (χ1n) is 9.21. The van der Waals surface area contributed by atoms with Crippen molar-refractivity contribution in [2.75, 3.05) is 20.2 Å². The Labute approximate surface area is 167 Å². The number of piperidine rings is 3. The number of benzene rings is 1. The normalized spacial score (nSPS) is 27.2. The Morgan fingerprint density at radius 1 is 1.39 bits per heavy atom. The average molecular weight is 407 g/mol. The number of hydrogen-bond donors (Lipinski definition) is 3. The molecule has 8 heteroatoms. The Balaban J connectivity index is 0.000000516. The topological polar surface area (TPSA) is 103 Å². The highest BCUT2D eigenvalue weighted by Gasteiger charge is 2.42. The van der Waals surface area contributed by atoms with E-state index < -0.39 is 17.5 Å². The zero-order chi connectivity index (χ0) is 20.3. The zero-order valence-corrected chi connectivity index (χ0v) is 16.6. The van der Waals surface area contributed by atoms with Crippen molar-refractivity contribution in [3.63, 3.8) is 0 Å². The van der Waals surface area contributed by atoms with E-state index in [1.807, 2.05) is 24.3 Å². The van der Waals surface area contributed by atoms with Crippen molar-refractivity contribution in [3.8, 4) is 5.75 Å². The predicted octanol–water partition coefficient (Wildman–Crippen LogP) is 2.85. The van der Waals surface area contributed by atoms with E-state index in [1.165, 1.54) is 6.42 Å². The molecule has 3 N–H and O–H groups in total. The van der Waals surface area contributed by atoms with Gasteiger partial charge in [-0.2, -0.15) is 4.21 Å². The van der Waals surface area contributed by atoms with Crippen LogP contribution in [-0.4, -0.2) is 54.5 Å². The molecule has 28 heavy (non-hydrogen) atoms. The molecule has 3 fully saturated rings. The molecule has 3 aliphatic rings. The first-order chi connectivity index (χ1) is 13.4. The van der Waals surface area contributed by atoms with Crippen LogP contribution in [0.15, 0.2) is 43.1 Å². The van der Waals surface area contributed by atoms with Crippen molar-refractivity contribution >= 4 is 22.3 Å². The van der Waals surface area contributed by atoms with Crippen LogP contribution in [-0.2, 0) is 11.4 Å². The third kappa shape index (κ3) is 4.42. The molecule has 3 saturated heterocycles. The lowest BCUT2D eigenvalue weighted by Gasteiger charge is -2.50. The molecule has 2 aromatic rings. The first kappa shape index (κ1) is 20.9. The number of nitrogens with zero attached hydrogens (tertiary/aromatic N) is 2. The van der Waals surface area contributed by atoms with E-state index in [9.17, 15) is 5.11 Å². The number of aromatic nitrogens is 1. The number of pyridine rings is 1. The minimum Gasteiger partial charge on any atom is -0.497 e. The fourth-order valence-corrected chi connectivity index (χ4v) is 4.44. The third-order valence-corrected chi connectivity index (χ3v) is 5.82. The maximum absolute atomic E-state index is 11.2. The quantitative estimate of drug-likeness (QED) is 0.530. The molecule has 0 radical (unpaired) electrons. The number of aliphatic hydroxyl groups is 1. The van der Waals surface area contributed by atoms with Crippen molar-refractivity contribution in [3.05, 3.63) is 48.7 Å². The van der Waals surface area contributed by atoms with Crippen LogP contribution < -0.4 is 4.74 Å². The highest BCUT2D eigenvalue weighted by Crippen LogP contribution is 2.42. The van der Waals surface area contributed by atoms with Gasteiger partial charge in [0.15, 0.2) is 0 Å². The summed E-state index contributed by atoms with van der Waals surface area (Å²) >= 11 is -2.61. The van der Waals surface area contributed by atoms with E-state index in [2.05, 4.69) is 22.5 Å². The van der Waals surface area contributed by atoms with Crippen molar-refractivity contribution in [1.82, 2.24) is 9.88 Å². The Kier molecular flexibility index (Phi) is 6.79. The Morgan fingerprint density at radius 3 is 2.75 bits per heavy atom. The second-order valence-corrected chi connectivity index (χ2v) is 7.67. The molecule has 0 amide bonds. The van der Waals surface area contributed by atoms with E-state index in [4.69, 9.17) is 18.1 Å². The largest absolute Gasteiger partial charge is 0.497 e. The second-order valence-electron chi connectivity index (χ2n) is 7.21. The summed E-state index contributed by atoms with van der Waals surface area (Å²) in [5.74, 6) is 2.01. The SMILES string of the molecule is C=C[C@H]1CN2CC[C@H]1C[C@H]2[C@H](O)c1ccnc2ccc(OC)cc12.O=S(O)O. The molecule has 0 saturated carbocycles. The van der Waals surface area contributed by atoms with Crippen molar-refractivity contribution in [1.29, 1.82) is 0 Å². The summed E-state index contributed by atoms with van der Waals surface area (Å²) in [6.07, 6.45) is 5.62. The van der Waals surface area contributed by atoms with Gasteiger partial charge in [0.2, 0.25) is 0 Å². The summed E-state index contributed by atoms with van der Waals surface area (Å²) < 4.78 is 28.2. The monoisotopic (exact) mass is 406 g/mol. The van der Waals surface area contributed by atoms with Gasteiger partial charge in [-0.25, -0.2) is 0 Å². The van der Waals surface area contributed by atoms with Gasteiger partial charge in [0.1, 0.15) is 5.75 Å². The molecule has 0 aliphatic carbocycles. The number of aliphatic hydroxyl groups excluding tert-OH is 1. The van der Waals surface area contributed by atoms with E-state index in [0.29, 0.717) is 11.8 Å². The molecule has 152 valence electrons. The summed E-state index contributed by atoms with van der Waals surface area (Å²) in [4.78, 5) is 6.86. The highest BCUT2D eigenvalue weighted by atomic mass is 32.2. The van der Waals surface area contributed by atoms with Gasteiger partial charge < -0.3 is 9.84 Å². The molecular weight excluding hydrogens is 380 g/mol. The van der Waals surface area contributed by atoms with Crippen LogP contribution in [0.5, 0.6) is 5.75 Å². The lowest BCUT2D eigenvalue weighted by molar-refractivity contribution is -0.0444. The molecule has 0 spiro atoms. The number of rotatable bonds is 4. The van der Waals surface area contributed by atoms with Crippen molar-refractivity contribution < 1.29 is 23.2 Å². The van der Waals surface area contributed by atoms with Crippen molar-refractivity contribution in [2.24, 2.45) is 11.8 Å². The van der Waals surface area contributed by atoms with Crippen LogP contribution in [0.25, 0.3) is 10.9 Å². The zero-order valence-electron chi connectivity index (χ0n) is 15.8. The first-order valence-corrected chi connectivity index (χ1v) is 10.3. The molecule has 7 nitrogen and oxygen atoms in total. The molecule has 1 aromatic heterocycles. The molecular formula is C20H26N2O5S. The Morgan fingerprint density at radius 2 is 2.14 bits per heavy atom. The van der Waals surface area contributed by atoms with Crippen LogP contribution in [0.1, 0.15) is 24.5 Å². The Bertz CT molecular complexity index is 858. The number of methoxy groups -OCH3 is 1. The fourth-order valence-electron chi connectivity index (χ4n) is 4.44. The second kappa shape index (κ2) is 9.11. The highest BCUT2D eigenvalue weighted by molar-refractivity contribution is 7.73. The standard InChI is InChI=1S/C20H24N2O2.H2O3S/c1-3-13-12-22-9-7-14(13)10-19(22)20(23)16-6-8-21-18-5-4-15(24-2)11-17(16)18;1-4(2)3/h3-6,8,11,13-14,19-20,23H,1,7,9-10,12H2,2H3;(H2,1,2,3)/t13-,14-,19-,20+;/m0./s1. The summed E-state index contributed by atoms with van der Waals surface area (Å²) in [5, 5.41) is 12.1. The van der Waals surface area contributed by atoms with Gasteiger partial charge in [0.05, 0.1) is 18.7 Å². The van der Waals surface area contributed by atoms with Crippen LogP contribution in [0.4, 0.5) is 0 Å². The van der Waals surface area contributed by atoms with Gasteiger partial charge >= 0.3 is 0 Å². The van der Waals surface area contributed by atoms with E-state index >= 15 is 0 Å². The fraction of sp³-hybridized carbons (Fsp3) is 0.450. The van der Waals surface area contributed by atoms with Crippen LogP contribution in [0, 0.1) is 11.8 Å². The van der Waals surface area contributed by atoms with E-state index in [-0.39, 0.29) is 6.04 Å². The summed E-state index contributed by atoms with van der Waals surface area (Å²) in [7, 11) is 1.66. The Hall–Kier alpha value is -1.84. The van der Waals surface area contributed by atoms with Gasteiger partial charge in [0.25, 0.3) is 11.4 Å². The van der Waals surface area contributed by atoms with E-state index in [0.717, 1.165) is 41.7 Å². The molecule has 1 aromatic carbocycles. The van der Waals surface area contributed by atoms with Gasteiger partial charge in [-0.15, -0.1) is 6.58 Å². The van der Waals surface area contributed by atoms with Gasteiger partial charge in [-0.05, 0) is 61.1 Å². The summed E-state index contributed by atoms with van der Waals surface area (Å²) in [5.41, 5.74) is 1.85. The maximum atomic E-state index is 11.2.